The first-order valence-electron chi connectivity index (χ1n) is 12.4. The summed E-state index contributed by atoms with van der Waals surface area (Å²) in [6.07, 6.45) is 0. The van der Waals surface area contributed by atoms with Crippen molar-refractivity contribution in [2.45, 2.75) is 20.8 Å². The highest BCUT2D eigenvalue weighted by Crippen LogP contribution is 2.28. The van der Waals surface area contributed by atoms with Gasteiger partial charge in [0.1, 0.15) is 49.4 Å². The number of hydrogen-bond acceptors (Lipinski definition) is 6. The molecule has 35 heavy (non-hydrogen) atoms. The number of ether oxygens (including phenoxy) is 4. The van der Waals surface area contributed by atoms with Crippen LogP contribution in [-0.4, -0.2) is 52.6 Å². The number of rotatable bonds is 0. The smallest absolute Gasteiger partial charge is 0.123 e. The summed E-state index contributed by atoms with van der Waals surface area (Å²) in [7, 11) is 0. The van der Waals surface area contributed by atoms with Crippen molar-refractivity contribution < 1.29 is 18.9 Å². The number of fused-ring (bicyclic) bond motifs is 4. The zero-order valence-corrected chi connectivity index (χ0v) is 20.9. The predicted octanol–water partition coefficient (Wildman–Crippen LogP) is 5.17. The van der Waals surface area contributed by atoms with Crippen LogP contribution < -0.4 is 28.7 Å². The van der Waals surface area contributed by atoms with Crippen LogP contribution in [0.4, 0.5) is 11.4 Å². The van der Waals surface area contributed by atoms with Crippen molar-refractivity contribution in [2.75, 3.05) is 62.4 Å². The summed E-state index contributed by atoms with van der Waals surface area (Å²) in [6, 6.07) is 18.9. The first kappa shape index (κ1) is 23.2. The molecule has 0 saturated carbocycles. The average molecular weight is 475 g/mol. The lowest BCUT2D eigenvalue weighted by atomic mass is 10.1. The van der Waals surface area contributed by atoms with E-state index in [-0.39, 0.29) is 0 Å². The number of anilines is 2. The van der Waals surface area contributed by atoms with Crippen LogP contribution in [0, 0.1) is 20.8 Å². The summed E-state index contributed by atoms with van der Waals surface area (Å²) in [6.45, 7) is 11.6. The van der Waals surface area contributed by atoms with Crippen molar-refractivity contribution in [1.29, 1.82) is 0 Å². The van der Waals surface area contributed by atoms with E-state index in [1.165, 1.54) is 16.9 Å². The van der Waals surface area contributed by atoms with Crippen LogP contribution in [0.2, 0.25) is 0 Å². The monoisotopic (exact) mass is 474 g/mol. The maximum atomic E-state index is 6.16. The van der Waals surface area contributed by atoms with E-state index < -0.39 is 0 Å². The van der Waals surface area contributed by atoms with Gasteiger partial charge in [-0.3, -0.25) is 0 Å². The number of nitrogens with zero attached hydrogens (tertiary/aromatic N) is 2. The van der Waals surface area contributed by atoms with Gasteiger partial charge in [0.15, 0.2) is 0 Å². The van der Waals surface area contributed by atoms with Crippen molar-refractivity contribution in [1.82, 2.24) is 0 Å². The van der Waals surface area contributed by atoms with Crippen LogP contribution in [0.1, 0.15) is 16.7 Å². The second kappa shape index (κ2) is 10.4. The number of benzene rings is 3. The van der Waals surface area contributed by atoms with Gasteiger partial charge < -0.3 is 28.7 Å². The average Bonchev–Trinajstić information content (AvgIpc) is 2.80. The molecule has 2 aliphatic heterocycles. The second-order valence-corrected chi connectivity index (χ2v) is 9.36. The molecule has 6 nitrogen and oxygen atoms in total. The topological polar surface area (TPSA) is 43.4 Å². The molecule has 5 rings (SSSR count). The van der Waals surface area contributed by atoms with E-state index in [1.54, 1.807) is 0 Å². The molecule has 0 spiro atoms. The highest BCUT2D eigenvalue weighted by molar-refractivity contribution is 5.62. The molecule has 184 valence electrons. The van der Waals surface area contributed by atoms with Crippen molar-refractivity contribution in [3.63, 3.8) is 0 Å². The molecule has 3 aromatic rings. The highest BCUT2D eigenvalue weighted by Gasteiger charge is 2.16. The first-order chi connectivity index (χ1) is 17.0. The van der Waals surface area contributed by atoms with Gasteiger partial charge in [0.25, 0.3) is 0 Å². The summed E-state index contributed by atoms with van der Waals surface area (Å²) < 4.78 is 24.6. The molecule has 0 radical (unpaired) electrons. The molecule has 2 heterocycles. The summed E-state index contributed by atoms with van der Waals surface area (Å²) in [4.78, 5) is 4.71. The van der Waals surface area contributed by atoms with Crippen LogP contribution in [-0.2, 0) is 0 Å². The molecule has 0 fully saturated rings. The SMILES string of the molecule is Cc1cc2cc(c1)OCCN1CCOc3cc(C)cc(c3)OCCN(CCO2)c2cc(C)cc1c2. The van der Waals surface area contributed by atoms with E-state index in [1.807, 2.05) is 12.1 Å². The first-order valence-corrected chi connectivity index (χ1v) is 12.4. The highest BCUT2D eigenvalue weighted by atomic mass is 16.5. The second-order valence-electron chi connectivity index (χ2n) is 9.36. The fourth-order valence-electron chi connectivity index (χ4n) is 4.70. The predicted molar refractivity (Wildman–Crippen MR) is 140 cm³/mol. The maximum absolute atomic E-state index is 6.16. The Kier molecular flexibility index (Phi) is 6.89. The minimum Gasteiger partial charge on any atom is -0.492 e. The quantitative estimate of drug-likeness (QED) is 0.448. The third-order valence-corrected chi connectivity index (χ3v) is 6.35. The number of hydrogen-bond donors (Lipinski definition) is 0. The normalized spacial score (nSPS) is 16.3. The van der Waals surface area contributed by atoms with Gasteiger partial charge in [-0.15, -0.1) is 0 Å². The Morgan fingerprint density at radius 3 is 1.09 bits per heavy atom. The summed E-state index contributed by atoms with van der Waals surface area (Å²) in [5, 5.41) is 0. The molecule has 3 aromatic carbocycles. The molecule has 0 unspecified atom stereocenters. The molecule has 0 N–H and O–H groups in total. The number of aryl methyl sites for hydroxylation is 3. The van der Waals surface area contributed by atoms with Gasteiger partial charge in [0.05, 0.1) is 26.2 Å². The lowest BCUT2D eigenvalue weighted by Gasteiger charge is -2.30. The van der Waals surface area contributed by atoms with Gasteiger partial charge in [-0.05, 0) is 79.9 Å². The van der Waals surface area contributed by atoms with E-state index in [0.29, 0.717) is 26.4 Å². The van der Waals surface area contributed by atoms with E-state index in [4.69, 9.17) is 18.9 Å². The van der Waals surface area contributed by atoms with Crippen molar-refractivity contribution in [3.05, 3.63) is 71.3 Å². The third kappa shape index (κ3) is 5.94. The molecule has 0 aliphatic carbocycles. The Hall–Kier alpha value is -3.54. The lowest BCUT2D eigenvalue weighted by molar-refractivity contribution is 0.288. The minimum absolute atomic E-state index is 0.568. The Bertz CT molecular complexity index is 1040. The van der Waals surface area contributed by atoms with E-state index in [0.717, 1.165) is 60.3 Å². The van der Waals surface area contributed by atoms with Crippen molar-refractivity contribution in [2.24, 2.45) is 0 Å². The molecule has 0 atom stereocenters. The van der Waals surface area contributed by atoms with Crippen LogP contribution in [0.25, 0.3) is 0 Å². The molecule has 8 bridgehead atoms. The molecule has 0 saturated heterocycles. The Labute approximate surface area is 208 Å². The zero-order valence-electron chi connectivity index (χ0n) is 20.9. The Morgan fingerprint density at radius 1 is 0.429 bits per heavy atom. The van der Waals surface area contributed by atoms with Gasteiger partial charge in [-0.2, -0.15) is 0 Å². The van der Waals surface area contributed by atoms with Gasteiger partial charge in [0.2, 0.25) is 0 Å². The maximum Gasteiger partial charge on any atom is 0.123 e. The lowest BCUT2D eigenvalue weighted by Crippen LogP contribution is -2.35. The van der Waals surface area contributed by atoms with E-state index >= 15 is 0 Å². The fourth-order valence-corrected chi connectivity index (χ4v) is 4.70. The third-order valence-electron chi connectivity index (χ3n) is 6.35. The Morgan fingerprint density at radius 2 is 0.743 bits per heavy atom. The van der Waals surface area contributed by atoms with Gasteiger partial charge in [0, 0.05) is 23.5 Å². The van der Waals surface area contributed by atoms with E-state index in [9.17, 15) is 0 Å². The Balaban J connectivity index is 1.51. The molecule has 2 aliphatic rings. The molecule has 0 amide bonds. The molecule has 0 aromatic heterocycles. The molecular formula is C29H34N2O4. The zero-order chi connectivity index (χ0) is 24.2. The minimum atomic E-state index is 0.568. The van der Waals surface area contributed by atoms with Crippen LogP contribution in [0.3, 0.4) is 0 Å². The van der Waals surface area contributed by atoms with Crippen molar-refractivity contribution >= 4 is 11.4 Å². The van der Waals surface area contributed by atoms with Crippen molar-refractivity contribution in [3.8, 4) is 23.0 Å². The fraction of sp³-hybridized carbons (Fsp3) is 0.379. The van der Waals surface area contributed by atoms with E-state index in [2.05, 4.69) is 73.0 Å². The molecule has 6 heteroatoms. The summed E-state index contributed by atoms with van der Waals surface area (Å²) in [5.74, 6) is 3.35. The standard InChI is InChI=1S/C29H34N2O4/c1-21-12-24-18-25(13-21)31-5-9-33-27-15-22(2)14-26(19-27)32-8-4-30(24)6-10-34-28-16-23(3)17-29(20-28)35-11-7-31/h12-20H,4-11H2,1-3H3. The van der Waals surface area contributed by atoms with Gasteiger partial charge >= 0.3 is 0 Å². The van der Waals surface area contributed by atoms with Crippen LogP contribution >= 0.6 is 0 Å². The van der Waals surface area contributed by atoms with Crippen LogP contribution in [0.15, 0.2) is 54.6 Å². The summed E-state index contributed by atoms with van der Waals surface area (Å²) >= 11 is 0. The van der Waals surface area contributed by atoms with Gasteiger partial charge in [-0.25, -0.2) is 0 Å². The summed E-state index contributed by atoms with van der Waals surface area (Å²) in [5.41, 5.74) is 5.81. The van der Waals surface area contributed by atoms with Gasteiger partial charge in [-0.1, -0.05) is 0 Å². The largest absolute Gasteiger partial charge is 0.492 e. The molecular weight excluding hydrogens is 440 g/mol. The van der Waals surface area contributed by atoms with Crippen LogP contribution in [0.5, 0.6) is 23.0 Å².